The van der Waals surface area contributed by atoms with E-state index in [1.54, 1.807) is 18.5 Å². The van der Waals surface area contributed by atoms with E-state index in [0.717, 1.165) is 27.9 Å². The van der Waals surface area contributed by atoms with E-state index in [2.05, 4.69) is 26.7 Å². The zero-order valence-corrected chi connectivity index (χ0v) is 21.3. The van der Waals surface area contributed by atoms with Crippen LogP contribution in [0.1, 0.15) is 36.7 Å². The third-order valence-corrected chi connectivity index (χ3v) is 7.10. The van der Waals surface area contributed by atoms with Crippen molar-refractivity contribution in [2.75, 3.05) is 11.9 Å². The summed E-state index contributed by atoms with van der Waals surface area (Å²) in [7, 11) is 0. The van der Waals surface area contributed by atoms with Crippen molar-refractivity contribution in [3.05, 3.63) is 89.6 Å². The normalized spacial score (nSPS) is 12.1. The number of carbonyl (C=O) groups is 2. The lowest BCUT2D eigenvalue weighted by molar-refractivity contribution is -0.115. The first-order chi connectivity index (χ1) is 17.2. The highest BCUT2D eigenvalue weighted by atomic mass is 32.1. The van der Waals surface area contributed by atoms with Crippen molar-refractivity contribution < 1.29 is 9.59 Å². The van der Waals surface area contributed by atoms with Crippen LogP contribution in [0.3, 0.4) is 0 Å². The summed E-state index contributed by atoms with van der Waals surface area (Å²) in [5.74, 6) is -0.665. The smallest absolute Gasteiger partial charge is 0.251 e. The van der Waals surface area contributed by atoms with Crippen LogP contribution >= 0.6 is 11.3 Å². The number of anilines is 1. The van der Waals surface area contributed by atoms with Gasteiger partial charge in [-0.2, -0.15) is 0 Å². The van der Waals surface area contributed by atoms with Crippen molar-refractivity contribution in [2.24, 2.45) is 5.73 Å². The number of benzene rings is 2. The molecule has 0 aliphatic carbocycles. The first-order valence-electron chi connectivity index (χ1n) is 11.6. The lowest BCUT2D eigenvalue weighted by Crippen LogP contribution is -2.38. The van der Waals surface area contributed by atoms with Crippen LogP contribution in [-0.2, 0) is 10.2 Å². The summed E-state index contributed by atoms with van der Waals surface area (Å²) < 4.78 is 0. The topological polar surface area (TPSA) is 110 Å². The van der Waals surface area contributed by atoms with Crippen molar-refractivity contribution in [3.8, 4) is 22.4 Å². The Morgan fingerprint density at radius 3 is 2.47 bits per heavy atom. The molecule has 0 saturated carbocycles. The Morgan fingerprint density at radius 2 is 1.72 bits per heavy atom. The molecular formula is C28H29N5O2S. The molecule has 4 aromatic rings. The Hall–Kier alpha value is -3.88. The number of nitrogens with zero attached hydrogens (tertiary/aromatic N) is 2. The van der Waals surface area contributed by atoms with E-state index in [9.17, 15) is 9.59 Å². The number of rotatable bonds is 8. The molecule has 0 fully saturated rings. The molecule has 8 heteroatoms. The fraction of sp³-hybridized carbons (Fsp3) is 0.214. The number of amides is 2. The maximum atomic E-state index is 12.6. The molecule has 7 nitrogen and oxygen atoms in total. The first kappa shape index (κ1) is 25.2. The van der Waals surface area contributed by atoms with E-state index < -0.39 is 0 Å². The van der Waals surface area contributed by atoms with Crippen molar-refractivity contribution in [1.82, 2.24) is 15.3 Å². The van der Waals surface area contributed by atoms with Crippen LogP contribution < -0.4 is 16.4 Å². The number of pyridine rings is 1. The first-order valence-corrected chi connectivity index (χ1v) is 12.5. The quantitative estimate of drug-likeness (QED) is 0.321. The average Bonchev–Trinajstić information content (AvgIpc) is 3.36. The minimum atomic E-state index is -0.346. The van der Waals surface area contributed by atoms with Crippen LogP contribution in [0, 0.1) is 0 Å². The van der Waals surface area contributed by atoms with Gasteiger partial charge in [0.15, 0.2) is 5.13 Å². The summed E-state index contributed by atoms with van der Waals surface area (Å²) in [6.45, 7) is 5.87. The molecule has 2 aromatic carbocycles. The molecule has 2 heterocycles. The molecule has 184 valence electrons. The lowest BCUT2D eigenvalue weighted by Gasteiger charge is -2.30. The molecule has 36 heavy (non-hydrogen) atoms. The maximum absolute atomic E-state index is 12.6. The highest BCUT2D eigenvalue weighted by Crippen LogP contribution is 2.29. The van der Waals surface area contributed by atoms with Gasteiger partial charge in [-0.25, -0.2) is 4.98 Å². The number of hydrogen-bond donors (Lipinski definition) is 3. The van der Waals surface area contributed by atoms with E-state index in [0.29, 0.717) is 10.7 Å². The van der Waals surface area contributed by atoms with Crippen LogP contribution in [0.15, 0.2) is 78.4 Å². The van der Waals surface area contributed by atoms with Crippen LogP contribution in [0.25, 0.3) is 22.4 Å². The number of hydrogen-bond acceptors (Lipinski definition) is 6. The molecule has 0 unspecified atom stereocenters. The highest BCUT2D eigenvalue weighted by molar-refractivity contribution is 7.14. The Balaban J connectivity index is 1.36. The van der Waals surface area contributed by atoms with Gasteiger partial charge in [0.25, 0.3) is 5.91 Å². The van der Waals surface area contributed by atoms with Gasteiger partial charge in [0, 0.05) is 40.4 Å². The van der Waals surface area contributed by atoms with Gasteiger partial charge >= 0.3 is 0 Å². The van der Waals surface area contributed by atoms with Gasteiger partial charge in [-0.1, -0.05) is 44.2 Å². The molecule has 0 aliphatic rings. The summed E-state index contributed by atoms with van der Waals surface area (Å²) >= 11 is 1.33. The Kier molecular flexibility index (Phi) is 7.57. The molecule has 4 rings (SSSR count). The number of carbonyl (C=O) groups excluding carboxylic acids is 2. The monoisotopic (exact) mass is 499 g/mol. The van der Waals surface area contributed by atoms with Crippen molar-refractivity contribution in [2.45, 2.75) is 32.2 Å². The van der Waals surface area contributed by atoms with Crippen LogP contribution in [-0.4, -0.2) is 34.4 Å². The molecule has 0 aliphatic heterocycles. The summed E-state index contributed by atoms with van der Waals surface area (Å²) in [6, 6.07) is 19.2. The predicted octanol–water partition coefficient (Wildman–Crippen LogP) is 4.87. The molecule has 0 radical (unpaired) electrons. The predicted molar refractivity (Wildman–Crippen MR) is 145 cm³/mol. The summed E-state index contributed by atoms with van der Waals surface area (Å²) in [4.78, 5) is 33.7. The van der Waals surface area contributed by atoms with Crippen molar-refractivity contribution in [3.63, 3.8) is 0 Å². The lowest BCUT2D eigenvalue weighted by atomic mass is 9.78. The highest BCUT2D eigenvalue weighted by Gasteiger charge is 2.26. The molecular weight excluding hydrogens is 470 g/mol. The van der Waals surface area contributed by atoms with Gasteiger partial charge in [-0.15, -0.1) is 11.3 Å². The molecule has 0 spiro atoms. The minimum Gasteiger partial charge on any atom is -0.343 e. The minimum absolute atomic E-state index is 0.0807. The van der Waals surface area contributed by atoms with E-state index in [1.807, 2.05) is 74.7 Å². The van der Waals surface area contributed by atoms with Gasteiger partial charge in [0.2, 0.25) is 5.91 Å². The van der Waals surface area contributed by atoms with Crippen LogP contribution in [0.4, 0.5) is 5.13 Å². The molecule has 0 saturated heterocycles. The Morgan fingerprint density at radius 1 is 1.00 bits per heavy atom. The van der Waals surface area contributed by atoms with E-state index in [4.69, 9.17) is 5.73 Å². The molecule has 1 atom stereocenters. The second-order valence-electron chi connectivity index (χ2n) is 9.18. The SMILES string of the molecule is C[C@@H](N)C(C)(C)c1cccc(C(=O)NCC(=O)Nc2nc(-c3cccc(-c4ccncc4)c3)cs2)c1. The zero-order valence-electron chi connectivity index (χ0n) is 20.5. The van der Waals surface area contributed by atoms with E-state index >= 15 is 0 Å². The summed E-state index contributed by atoms with van der Waals surface area (Å²) in [6.07, 6.45) is 3.52. The van der Waals surface area contributed by atoms with Gasteiger partial charge in [-0.3, -0.25) is 14.6 Å². The molecule has 2 amide bonds. The number of nitrogens with two attached hydrogens (primary N) is 1. The van der Waals surface area contributed by atoms with Gasteiger partial charge < -0.3 is 16.4 Å². The Bertz CT molecular complexity index is 1370. The molecule has 0 bridgehead atoms. The second kappa shape index (κ2) is 10.8. The fourth-order valence-corrected chi connectivity index (χ4v) is 4.35. The van der Waals surface area contributed by atoms with Gasteiger partial charge in [-0.05, 0) is 53.9 Å². The van der Waals surface area contributed by atoms with Crippen molar-refractivity contribution in [1.29, 1.82) is 0 Å². The molecule has 4 N–H and O–H groups in total. The number of aromatic nitrogens is 2. The Labute approximate surface area is 214 Å². The summed E-state index contributed by atoms with van der Waals surface area (Å²) in [5.41, 5.74) is 11.1. The van der Waals surface area contributed by atoms with Crippen LogP contribution in [0.5, 0.6) is 0 Å². The maximum Gasteiger partial charge on any atom is 0.251 e. The van der Waals surface area contributed by atoms with E-state index in [-0.39, 0.29) is 29.8 Å². The summed E-state index contributed by atoms with van der Waals surface area (Å²) in [5, 5.41) is 7.81. The van der Waals surface area contributed by atoms with Crippen molar-refractivity contribution >= 4 is 28.3 Å². The fourth-order valence-electron chi connectivity index (χ4n) is 3.62. The zero-order chi connectivity index (χ0) is 25.7. The third kappa shape index (κ3) is 5.84. The van der Waals surface area contributed by atoms with Gasteiger partial charge in [0.05, 0.1) is 12.2 Å². The second-order valence-corrected chi connectivity index (χ2v) is 10.0. The standard InChI is InChI=1S/C28H29N5O2S/c1-18(29)28(2,3)23-9-5-8-22(15-23)26(35)31-16-25(34)33-27-32-24(17-36-27)21-7-4-6-20(14-21)19-10-12-30-13-11-19/h4-15,17-18H,16,29H2,1-3H3,(H,31,35)(H,32,33,34)/t18-/m1/s1. The van der Waals surface area contributed by atoms with Gasteiger partial charge in [0.1, 0.15) is 0 Å². The molecule has 2 aromatic heterocycles. The largest absolute Gasteiger partial charge is 0.343 e. The van der Waals surface area contributed by atoms with E-state index in [1.165, 1.54) is 11.3 Å². The average molecular weight is 500 g/mol. The third-order valence-electron chi connectivity index (χ3n) is 6.34. The van der Waals surface area contributed by atoms with Crippen LogP contribution in [0.2, 0.25) is 0 Å². The number of nitrogens with one attached hydrogen (secondary N) is 2. The number of thiazole rings is 1.